The molecular weight excluding hydrogens is 450 g/mol. The van der Waals surface area contributed by atoms with Crippen molar-refractivity contribution in [3.05, 3.63) is 95.3 Å². The van der Waals surface area contributed by atoms with Gasteiger partial charge in [-0.15, -0.1) is 0 Å². The molecule has 0 saturated carbocycles. The molecule has 0 aliphatic rings. The van der Waals surface area contributed by atoms with Crippen molar-refractivity contribution in [2.75, 3.05) is 33.4 Å². The fraction of sp³-hybridized carbons (Fsp3) is 0.269. The van der Waals surface area contributed by atoms with Crippen LogP contribution in [0.1, 0.15) is 32.0 Å². The number of rotatable bonds is 13. The molecule has 0 fully saturated rings. The molecular formula is C26H29N3O6. The molecule has 3 rings (SSSR count). The van der Waals surface area contributed by atoms with Gasteiger partial charge in [0.15, 0.2) is 0 Å². The SMILES string of the molecule is COc1cc(C(=O)NCCOCc2ccccc2)ncc1C(=O)N(O)CCOCc1ccccc1. The van der Waals surface area contributed by atoms with Gasteiger partial charge >= 0.3 is 0 Å². The minimum Gasteiger partial charge on any atom is -0.496 e. The summed E-state index contributed by atoms with van der Waals surface area (Å²) in [5.74, 6) is -1.01. The van der Waals surface area contributed by atoms with Crippen LogP contribution in [0.4, 0.5) is 0 Å². The van der Waals surface area contributed by atoms with Gasteiger partial charge in [-0.2, -0.15) is 0 Å². The highest BCUT2D eigenvalue weighted by molar-refractivity contribution is 5.98. The van der Waals surface area contributed by atoms with E-state index in [4.69, 9.17) is 14.2 Å². The van der Waals surface area contributed by atoms with Crippen molar-refractivity contribution in [3.8, 4) is 5.75 Å². The molecule has 1 aromatic heterocycles. The second-order valence-corrected chi connectivity index (χ2v) is 7.53. The van der Waals surface area contributed by atoms with Crippen molar-refractivity contribution in [2.45, 2.75) is 13.2 Å². The minimum atomic E-state index is -0.709. The van der Waals surface area contributed by atoms with Gasteiger partial charge in [0, 0.05) is 18.8 Å². The molecule has 0 spiro atoms. The molecule has 0 atom stereocenters. The molecule has 0 bridgehead atoms. The number of nitrogens with zero attached hydrogens (tertiary/aromatic N) is 2. The lowest BCUT2D eigenvalue weighted by atomic mass is 10.2. The van der Waals surface area contributed by atoms with Crippen molar-refractivity contribution in [2.24, 2.45) is 0 Å². The van der Waals surface area contributed by atoms with E-state index < -0.39 is 11.8 Å². The van der Waals surface area contributed by atoms with Crippen LogP contribution >= 0.6 is 0 Å². The molecule has 2 aromatic carbocycles. The Hall–Kier alpha value is -3.79. The van der Waals surface area contributed by atoms with Gasteiger partial charge in [0.2, 0.25) is 0 Å². The van der Waals surface area contributed by atoms with Gasteiger partial charge in [-0.1, -0.05) is 60.7 Å². The van der Waals surface area contributed by atoms with Crippen molar-refractivity contribution in [1.29, 1.82) is 0 Å². The van der Waals surface area contributed by atoms with Crippen LogP contribution in [0.5, 0.6) is 5.75 Å². The summed E-state index contributed by atoms with van der Waals surface area (Å²) in [7, 11) is 1.37. The second kappa shape index (κ2) is 13.8. The van der Waals surface area contributed by atoms with Crippen molar-refractivity contribution >= 4 is 11.8 Å². The first-order valence-corrected chi connectivity index (χ1v) is 11.1. The quantitative estimate of drug-likeness (QED) is 0.220. The number of hydrogen-bond donors (Lipinski definition) is 2. The van der Waals surface area contributed by atoms with E-state index in [1.165, 1.54) is 19.4 Å². The summed E-state index contributed by atoms with van der Waals surface area (Å²) in [6.07, 6.45) is 1.20. The van der Waals surface area contributed by atoms with E-state index in [1.807, 2.05) is 60.7 Å². The van der Waals surface area contributed by atoms with E-state index in [0.717, 1.165) is 11.1 Å². The summed E-state index contributed by atoms with van der Waals surface area (Å²) in [6, 6.07) is 20.7. The summed E-state index contributed by atoms with van der Waals surface area (Å²) >= 11 is 0. The minimum absolute atomic E-state index is 0.0285. The first-order chi connectivity index (χ1) is 17.1. The maximum absolute atomic E-state index is 12.6. The van der Waals surface area contributed by atoms with Gasteiger partial charge in [0.25, 0.3) is 11.8 Å². The fourth-order valence-corrected chi connectivity index (χ4v) is 3.14. The highest BCUT2D eigenvalue weighted by Crippen LogP contribution is 2.20. The van der Waals surface area contributed by atoms with Gasteiger partial charge in [-0.25, -0.2) is 10.0 Å². The molecule has 0 aliphatic carbocycles. The number of hydrogen-bond acceptors (Lipinski definition) is 7. The van der Waals surface area contributed by atoms with Gasteiger partial charge in [0.05, 0.1) is 40.1 Å². The number of hydroxylamine groups is 2. The molecule has 35 heavy (non-hydrogen) atoms. The number of methoxy groups -OCH3 is 1. The first-order valence-electron chi connectivity index (χ1n) is 11.1. The largest absolute Gasteiger partial charge is 0.496 e. The van der Waals surface area contributed by atoms with Gasteiger partial charge in [-0.05, 0) is 11.1 Å². The Bertz CT molecular complexity index is 1080. The average Bonchev–Trinajstić information content (AvgIpc) is 2.91. The Morgan fingerprint density at radius 3 is 2.14 bits per heavy atom. The summed E-state index contributed by atoms with van der Waals surface area (Å²) in [4.78, 5) is 29.1. The van der Waals surface area contributed by atoms with Crippen LogP contribution in [0.15, 0.2) is 72.9 Å². The Kier molecular flexibility index (Phi) is 10.2. The third kappa shape index (κ3) is 8.18. The number of pyridine rings is 1. The molecule has 184 valence electrons. The van der Waals surface area contributed by atoms with E-state index in [0.29, 0.717) is 31.4 Å². The summed E-state index contributed by atoms with van der Waals surface area (Å²) in [6.45, 7) is 1.55. The van der Waals surface area contributed by atoms with Gasteiger partial charge in [0.1, 0.15) is 17.0 Å². The number of benzene rings is 2. The average molecular weight is 480 g/mol. The van der Waals surface area contributed by atoms with Crippen LogP contribution < -0.4 is 10.1 Å². The Labute approximate surface area is 204 Å². The maximum atomic E-state index is 12.6. The van der Waals surface area contributed by atoms with Gasteiger partial charge < -0.3 is 19.5 Å². The zero-order chi connectivity index (χ0) is 24.9. The monoisotopic (exact) mass is 479 g/mol. The fourth-order valence-electron chi connectivity index (χ4n) is 3.14. The molecule has 9 heteroatoms. The number of carbonyl (C=O) groups is 2. The third-order valence-electron chi connectivity index (χ3n) is 4.99. The van der Waals surface area contributed by atoms with Crippen molar-refractivity contribution in [3.63, 3.8) is 0 Å². The summed E-state index contributed by atoms with van der Waals surface area (Å²) < 4.78 is 16.3. The van der Waals surface area contributed by atoms with E-state index >= 15 is 0 Å². The molecule has 0 saturated heterocycles. The highest BCUT2D eigenvalue weighted by atomic mass is 16.5. The maximum Gasteiger partial charge on any atom is 0.282 e. The lowest BCUT2D eigenvalue weighted by molar-refractivity contribution is -0.0728. The normalized spacial score (nSPS) is 10.6. The van der Waals surface area contributed by atoms with Crippen LogP contribution in [0.2, 0.25) is 0 Å². The van der Waals surface area contributed by atoms with Gasteiger partial charge in [-0.3, -0.25) is 14.8 Å². The zero-order valence-corrected chi connectivity index (χ0v) is 19.6. The molecule has 0 aliphatic heterocycles. The lowest BCUT2D eigenvalue weighted by Gasteiger charge is -2.17. The smallest absolute Gasteiger partial charge is 0.282 e. The lowest BCUT2D eigenvalue weighted by Crippen LogP contribution is -2.32. The number of ether oxygens (including phenoxy) is 3. The van der Waals surface area contributed by atoms with E-state index in [-0.39, 0.29) is 30.2 Å². The summed E-state index contributed by atoms with van der Waals surface area (Å²) in [5, 5.41) is 13.4. The Balaban J connectivity index is 1.45. The standard InChI is InChI=1S/C26H29N3O6/c1-33-24-16-23(25(30)27-12-14-34-18-20-8-4-2-5-9-20)28-17-22(24)26(31)29(32)13-15-35-19-21-10-6-3-7-11-21/h2-11,16-17,32H,12-15,18-19H2,1H3,(H,27,30). The first kappa shape index (κ1) is 25.8. The zero-order valence-electron chi connectivity index (χ0n) is 19.6. The summed E-state index contributed by atoms with van der Waals surface area (Å²) in [5.41, 5.74) is 2.15. The molecule has 2 amide bonds. The van der Waals surface area contributed by atoms with Crippen molar-refractivity contribution in [1.82, 2.24) is 15.4 Å². The van der Waals surface area contributed by atoms with Crippen LogP contribution in [-0.2, 0) is 22.7 Å². The van der Waals surface area contributed by atoms with Crippen molar-refractivity contribution < 1.29 is 29.0 Å². The molecule has 2 N–H and O–H groups in total. The molecule has 3 aromatic rings. The number of carbonyl (C=O) groups excluding carboxylic acids is 2. The van der Waals surface area contributed by atoms with Crippen LogP contribution in [-0.4, -0.2) is 60.5 Å². The predicted octanol–water partition coefficient (Wildman–Crippen LogP) is 3.09. The van der Waals surface area contributed by atoms with E-state index in [9.17, 15) is 14.8 Å². The third-order valence-corrected chi connectivity index (χ3v) is 4.99. The van der Waals surface area contributed by atoms with Crippen LogP contribution in [0.3, 0.4) is 0 Å². The predicted molar refractivity (Wildman–Crippen MR) is 128 cm³/mol. The van der Waals surface area contributed by atoms with Crippen LogP contribution in [0, 0.1) is 0 Å². The van der Waals surface area contributed by atoms with E-state index in [2.05, 4.69) is 10.3 Å². The van der Waals surface area contributed by atoms with Crippen LogP contribution in [0.25, 0.3) is 0 Å². The highest BCUT2D eigenvalue weighted by Gasteiger charge is 2.21. The number of amides is 2. The molecule has 0 unspecified atom stereocenters. The molecule has 9 nitrogen and oxygen atoms in total. The number of nitrogens with one attached hydrogen (secondary N) is 1. The Morgan fingerprint density at radius 1 is 0.943 bits per heavy atom. The Morgan fingerprint density at radius 2 is 1.54 bits per heavy atom. The van der Waals surface area contributed by atoms with E-state index in [1.54, 1.807) is 0 Å². The number of aromatic nitrogens is 1. The molecule has 1 heterocycles. The topological polar surface area (TPSA) is 110 Å². The second-order valence-electron chi connectivity index (χ2n) is 7.53. The molecule has 0 radical (unpaired) electrons.